The summed E-state index contributed by atoms with van der Waals surface area (Å²) < 4.78 is 12.8. The second-order valence-electron chi connectivity index (χ2n) is 8.90. The number of carbonyl (C=O) groups excluding carboxylic acids is 1. The number of amidine groups is 1. The van der Waals surface area contributed by atoms with Gasteiger partial charge >= 0.3 is 0 Å². The van der Waals surface area contributed by atoms with Gasteiger partial charge in [-0.25, -0.2) is 0 Å². The summed E-state index contributed by atoms with van der Waals surface area (Å²) in [7, 11) is 1.62. The molecule has 0 spiro atoms. The highest BCUT2D eigenvalue weighted by Gasteiger charge is 2.33. The van der Waals surface area contributed by atoms with Crippen LogP contribution in [-0.2, 0) is 24.5 Å². The smallest absolute Gasteiger partial charge is 0.267 e. The number of amides is 1. The highest BCUT2D eigenvalue weighted by molar-refractivity contribution is 14.1. The van der Waals surface area contributed by atoms with Crippen molar-refractivity contribution in [2.75, 3.05) is 7.11 Å². The maximum atomic E-state index is 13.5. The summed E-state index contributed by atoms with van der Waals surface area (Å²) in [6.07, 6.45) is 1.89. The van der Waals surface area contributed by atoms with Crippen molar-refractivity contribution in [2.45, 2.75) is 19.7 Å². The van der Waals surface area contributed by atoms with Crippen LogP contribution in [0.4, 0.5) is 0 Å². The Labute approximate surface area is 246 Å². The van der Waals surface area contributed by atoms with E-state index >= 15 is 0 Å². The van der Waals surface area contributed by atoms with Crippen LogP contribution >= 0.6 is 34.4 Å². The summed E-state index contributed by atoms with van der Waals surface area (Å²) in [5, 5.41) is 0.698. The molecule has 0 N–H and O–H groups in total. The first-order chi connectivity index (χ1) is 19.1. The molecule has 0 unspecified atom stereocenters. The molecule has 5 nitrogen and oxygen atoms in total. The number of rotatable bonds is 9. The van der Waals surface area contributed by atoms with E-state index in [0.29, 0.717) is 41.3 Å². The zero-order valence-electron chi connectivity index (χ0n) is 21.4. The third-order valence-electron chi connectivity index (χ3n) is 6.10. The first-order valence-electron chi connectivity index (χ1n) is 12.5. The molecule has 0 aromatic heterocycles. The van der Waals surface area contributed by atoms with E-state index in [1.54, 1.807) is 12.0 Å². The normalized spacial score (nSPS) is 15.2. The molecule has 4 aromatic rings. The lowest BCUT2D eigenvalue weighted by Gasteiger charge is -2.15. The Bertz CT molecular complexity index is 1490. The highest BCUT2D eigenvalue weighted by atomic mass is 127. The van der Waals surface area contributed by atoms with Gasteiger partial charge in [0.15, 0.2) is 16.7 Å². The number of nitrogens with zero attached hydrogens (tertiary/aromatic N) is 2. The zero-order chi connectivity index (χ0) is 27.0. The number of ether oxygens (including phenoxy) is 2. The average molecular weight is 647 g/mol. The first kappa shape index (κ1) is 27.0. The van der Waals surface area contributed by atoms with E-state index < -0.39 is 0 Å². The third kappa shape index (κ3) is 7.10. The second-order valence-corrected chi connectivity index (χ2v) is 11.2. The minimum absolute atomic E-state index is 0.0614. The zero-order valence-corrected chi connectivity index (χ0v) is 24.4. The molecule has 1 aliphatic rings. The van der Waals surface area contributed by atoms with Gasteiger partial charge < -0.3 is 9.47 Å². The number of carbonyl (C=O) groups is 1. The molecular weight excluding hydrogens is 619 g/mol. The molecule has 7 heteroatoms. The monoisotopic (exact) mass is 646 g/mol. The van der Waals surface area contributed by atoms with Gasteiger partial charge in [0.1, 0.15) is 6.61 Å². The Morgan fingerprint density at radius 2 is 1.54 bits per heavy atom. The van der Waals surface area contributed by atoms with E-state index in [9.17, 15) is 4.79 Å². The standard InChI is InChI=1S/C32H27IN2O3S/c1-37-29-18-26(14-17-28(29)38-22-25-12-15-27(33)16-13-25)19-30-31(36)35(21-24-10-6-3-7-11-24)32(39-30)34-20-23-8-4-2-5-9-23/h2-19H,20-22H2,1H3/b30-19-,34-32?. The fraction of sp³-hybridized carbons (Fsp3) is 0.125. The van der Waals surface area contributed by atoms with Crippen molar-refractivity contribution in [1.29, 1.82) is 0 Å². The topological polar surface area (TPSA) is 51.1 Å². The van der Waals surface area contributed by atoms with Crippen molar-refractivity contribution in [2.24, 2.45) is 4.99 Å². The van der Waals surface area contributed by atoms with Gasteiger partial charge in [-0.1, -0.05) is 78.9 Å². The first-order valence-corrected chi connectivity index (χ1v) is 14.4. The van der Waals surface area contributed by atoms with E-state index in [1.165, 1.54) is 15.3 Å². The van der Waals surface area contributed by atoms with Gasteiger partial charge in [-0.15, -0.1) is 0 Å². The van der Waals surface area contributed by atoms with E-state index in [2.05, 4.69) is 34.7 Å². The van der Waals surface area contributed by atoms with Gasteiger partial charge in [-0.2, -0.15) is 0 Å². The summed E-state index contributed by atoms with van der Waals surface area (Å²) in [6, 6.07) is 34.0. The maximum Gasteiger partial charge on any atom is 0.267 e. The summed E-state index contributed by atoms with van der Waals surface area (Å²) >= 11 is 3.69. The Hall–Kier alpha value is -3.56. The lowest BCUT2D eigenvalue weighted by molar-refractivity contribution is -0.122. The van der Waals surface area contributed by atoms with Crippen LogP contribution in [0.5, 0.6) is 11.5 Å². The Morgan fingerprint density at radius 3 is 2.23 bits per heavy atom. The number of hydrogen-bond donors (Lipinski definition) is 0. The van der Waals surface area contributed by atoms with Crippen LogP contribution in [0.15, 0.2) is 113 Å². The number of hydrogen-bond acceptors (Lipinski definition) is 5. The van der Waals surface area contributed by atoms with Crippen LogP contribution < -0.4 is 9.47 Å². The molecule has 1 saturated heterocycles. The molecule has 0 saturated carbocycles. The van der Waals surface area contributed by atoms with E-state index in [-0.39, 0.29) is 5.91 Å². The summed E-state index contributed by atoms with van der Waals surface area (Å²) in [5.41, 5.74) is 4.09. The third-order valence-corrected chi connectivity index (χ3v) is 7.87. The quantitative estimate of drug-likeness (QED) is 0.139. The molecule has 39 heavy (non-hydrogen) atoms. The van der Waals surface area contributed by atoms with Gasteiger partial charge in [0.25, 0.3) is 5.91 Å². The van der Waals surface area contributed by atoms with Gasteiger partial charge in [-0.3, -0.25) is 14.7 Å². The molecule has 196 valence electrons. The molecular formula is C32H27IN2O3S. The number of aliphatic imine (C=N–C) groups is 1. The van der Waals surface area contributed by atoms with Crippen LogP contribution in [0, 0.1) is 3.57 Å². The molecule has 5 rings (SSSR count). The highest BCUT2D eigenvalue weighted by Crippen LogP contribution is 2.36. The van der Waals surface area contributed by atoms with Crippen LogP contribution in [0.1, 0.15) is 22.3 Å². The van der Waals surface area contributed by atoms with Crippen molar-refractivity contribution in [3.8, 4) is 11.5 Å². The van der Waals surface area contributed by atoms with Gasteiger partial charge in [0, 0.05) is 3.57 Å². The van der Waals surface area contributed by atoms with Gasteiger partial charge in [0.05, 0.1) is 25.1 Å². The number of methoxy groups -OCH3 is 1. The van der Waals surface area contributed by atoms with Crippen molar-refractivity contribution in [3.63, 3.8) is 0 Å². The molecule has 1 fully saturated rings. The maximum absolute atomic E-state index is 13.5. The van der Waals surface area contributed by atoms with Crippen LogP contribution in [-0.4, -0.2) is 23.1 Å². The molecule has 4 aromatic carbocycles. The lowest BCUT2D eigenvalue weighted by atomic mass is 10.1. The molecule has 1 amide bonds. The number of halogens is 1. The molecule has 0 aliphatic carbocycles. The largest absolute Gasteiger partial charge is 0.493 e. The number of benzene rings is 4. The fourth-order valence-electron chi connectivity index (χ4n) is 4.06. The predicted molar refractivity (Wildman–Crippen MR) is 167 cm³/mol. The van der Waals surface area contributed by atoms with Crippen LogP contribution in [0.25, 0.3) is 6.08 Å². The average Bonchev–Trinajstić information content (AvgIpc) is 3.26. The van der Waals surface area contributed by atoms with E-state index in [1.807, 2.05) is 97.1 Å². The Morgan fingerprint density at radius 1 is 0.846 bits per heavy atom. The lowest BCUT2D eigenvalue weighted by Crippen LogP contribution is -2.28. The summed E-state index contributed by atoms with van der Waals surface area (Å²) in [4.78, 5) is 20.7. The van der Waals surface area contributed by atoms with Crippen LogP contribution in [0.2, 0.25) is 0 Å². The minimum Gasteiger partial charge on any atom is -0.493 e. The van der Waals surface area contributed by atoms with Crippen molar-refractivity contribution >= 4 is 51.5 Å². The summed E-state index contributed by atoms with van der Waals surface area (Å²) in [6.45, 7) is 1.42. The van der Waals surface area contributed by atoms with Gasteiger partial charge in [0.2, 0.25) is 0 Å². The van der Waals surface area contributed by atoms with Crippen molar-refractivity contribution in [3.05, 3.63) is 134 Å². The molecule has 0 bridgehead atoms. The van der Waals surface area contributed by atoms with Crippen molar-refractivity contribution in [1.82, 2.24) is 4.90 Å². The molecule has 1 aliphatic heterocycles. The molecule has 0 atom stereocenters. The Balaban J connectivity index is 1.37. The van der Waals surface area contributed by atoms with Gasteiger partial charge in [-0.05, 0) is 86.9 Å². The van der Waals surface area contributed by atoms with E-state index in [4.69, 9.17) is 14.5 Å². The minimum atomic E-state index is -0.0614. The van der Waals surface area contributed by atoms with Crippen molar-refractivity contribution < 1.29 is 14.3 Å². The fourth-order valence-corrected chi connectivity index (χ4v) is 5.40. The predicted octanol–water partition coefficient (Wildman–Crippen LogP) is 7.55. The summed E-state index contributed by atoms with van der Waals surface area (Å²) in [5.74, 6) is 1.21. The molecule has 0 radical (unpaired) electrons. The van der Waals surface area contributed by atoms with E-state index in [0.717, 1.165) is 22.3 Å². The molecule has 1 heterocycles. The number of thioether (sulfide) groups is 1. The Kier molecular flexibility index (Phi) is 9.00. The SMILES string of the molecule is COc1cc(/C=C2\SC(=NCc3ccccc3)N(Cc3ccccc3)C2=O)ccc1OCc1ccc(I)cc1. The van der Waals surface area contributed by atoms with Crippen LogP contribution in [0.3, 0.4) is 0 Å². The second kappa shape index (κ2) is 13.0.